The van der Waals surface area contributed by atoms with Crippen LogP contribution >= 0.6 is 0 Å². The summed E-state index contributed by atoms with van der Waals surface area (Å²) in [5.41, 5.74) is 2.40. The third-order valence-electron chi connectivity index (χ3n) is 2.92. The van der Waals surface area contributed by atoms with Gasteiger partial charge in [0.15, 0.2) is 0 Å². The fourth-order valence-electron chi connectivity index (χ4n) is 1.88. The molecule has 1 aromatic rings. The molecular weight excluding hydrogens is 218 g/mol. The smallest absolute Gasteiger partial charge is 0.322 e. The first kappa shape index (κ1) is 11.9. The van der Waals surface area contributed by atoms with Crippen LogP contribution in [0.3, 0.4) is 0 Å². The standard InChI is InChI=1S/C13H17NO3/c1-9(13(15)16-2)14-8-10-3-4-12-11(7-10)5-6-17-12/h3-4,7,9,14H,5-6,8H2,1-2H3. The molecule has 0 saturated heterocycles. The fraction of sp³-hybridized carbons (Fsp3) is 0.462. The average Bonchev–Trinajstić information content (AvgIpc) is 2.82. The molecule has 2 rings (SSSR count). The van der Waals surface area contributed by atoms with E-state index in [2.05, 4.69) is 16.1 Å². The molecule has 1 aliphatic rings. The van der Waals surface area contributed by atoms with Crippen LogP contribution in [-0.2, 0) is 22.5 Å². The van der Waals surface area contributed by atoms with Crippen molar-refractivity contribution in [1.29, 1.82) is 0 Å². The van der Waals surface area contributed by atoms with Crippen molar-refractivity contribution in [3.05, 3.63) is 29.3 Å². The van der Waals surface area contributed by atoms with Crippen molar-refractivity contribution >= 4 is 5.97 Å². The summed E-state index contributed by atoms with van der Waals surface area (Å²) in [4.78, 5) is 11.2. The van der Waals surface area contributed by atoms with Gasteiger partial charge in [0.25, 0.3) is 0 Å². The Balaban J connectivity index is 1.93. The van der Waals surface area contributed by atoms with Gasteiger partial charge in [-0.25, -0.2) is 0 Å². The predicted octanol–water partition coefficient (Wildman–Crippen LogP) is 1.27. The topological polar surface area (TPSA) is 47.6 Å². The fourth-order valence-corrected chi connectivity index (χ4v) is 1.88. The molecule has 1 heterocycles. The van der Waals surface area contributed by atoms with Gasteiger partial charge >= 0.3 is 5.97 Å². The Morgan fingerprint density at radius 1 is 1.59 bits per heavy atom. The zero-order valence-electron chi connectivity index (χ0n) is 10.2. The van der Waals surface area contributed by atoms with Crippen molar-refractivity contribution in [1.82, 2.24) is 5.32 Å². The van der Waals surface area contributed by atoms with Crippen molar-refractivity contribution in [2.45, 2.75) is 25.9 Å². The summed E-state index contributed by atoms with van der Waals surface area (Å²) in [7, 11) is 1.40. The zero-order valence-corrected chi connectivity index (χ0v) is 10.2. The number of hydrogen-bond donors (Lipinski definition) is 1. The average molecular weight is 235 g/mol. The Hall–Kier alpha value is -1.55. The Kier molecular flexibility index (Phi) is 3.64. The van der Waals surface area contributed by atoms with Gasteiger partial charge < -0.3 is 14.8 Å². The minimum atomic E-state index is -0.287. The van der Waals surface area contributed by atoms with E-state index in [0.29, 0.717) is 6.54 Å². The summed E-state index contributed by atoms with van der Waals surface area (Å²) >= 11 is 0. The van der Waals surface area contributed by atoms with E-state index in [4.69, 9.17) is 4.74 Å². The van der Waals surface area contributed by atoms with Crippen molar-refractivity contribution in [3.8, 4) is 5.75 Å². The molecule has 1 atom stereocenters. The number of benzene rings is 1. The lowest BCUT2D eigenvalue weighted by molar-refractivity contribution is -0.142. The van der Waals surface area contributed by atoms with Crippen LogP contribution < -0.4 is 10.1 Å². The second-order valence-electron chi connectivity index (χ2n) is 4.17. The largest absolute Gasteiger partial charge is 0.493 e. The van der Waals surface area contributed by atoms with Gasteiger partial charge in [0.2, 0.25) is 0 Å². The summed E-state index contributed by atoms with van der Waals surface area (Å²) in [6.45, 7) is 3.22. The lowest BCUT2D eigenvalue weighted by atomic mass is 10.1. The van der Waals surface area contributed by atoms with Crippen LogP contribution in [0, 0.1) is 0 Å². The summed E-state index contributed by atoms with van der Waals surface area (Å²) < 4.78 is 10.1. The number of carbonyl (C=O) groups is 1. The molecular formula is C13H17NO3. The van der Waals surface area contributed by atoms with Gasteiger partial charge in [-0.1, -0.05) is 12.1 Å². The molecule has 1 unspecified atom stereocenters. The van der Waals surface area contributed by atoms with Crippen molar-refractivity contribution in [3.63, 3.8) is 0 Å². The maximum atomic E-state index is 11.2. The molecule has 1 N–H and O–H groups in total. The van der Waals surface area contributed by atoms with Crippen molar-refractivity contribution in [2.75, 3.05) is 13.7 Å². The number of hydrogen-bond acceptors (Lipinski definition) is 4. The highest BCUT2D eigenvalue weighted by Gasteiger charge is 2.14. The number of ether oxygens (including phenoxy) is 2. The molecule has 0 amide bonds. The predicted molar refractivity (Wildman–Crippen MR) is 64.0 cm³/mol. The summed E-state index contributed by atoms with van der Waals surface area (Å²) in [5.74, 6) is 0.740. The van der Waals surface area contributed by atoms with Crippen molar-refractivity contribution < 1.29 is 14.3 Å². The van der Waals surface area contributed by atoms with E-state index in [-0.39, 0.29) is 12.0 Å². The monoisotopic (exact) mass is 235 g/mol. The highest BCUT2D eigenvalue weighted by Crippen LogP contribution is 2.25. The van der Waals surface area contributed by atoms with Gasteiger partial charge in [0, 0.05) is 13.0 Å². The van der Waals surface area contributed by atoms with Gasteiger partial charge in [0.05, 0.1) is 13.7 Å². The number of carbonyl (C=O) groups excluding carboxylic acids is 1. The molecule has 0 radical (unpaired) electrons. The maximum Gasteiger partial charge on any atom is 0.322 e. The lowest BCUT2D eigenvalue weighted by Gasteiger charge is -2.11. The molecule has 1 aliphatic heterocycles. The zero-order chi connectivity index (χ0) is 12.3. The van der Waals surface area contributed by atoms with Gasteiger partial charge in [-0.2, -0.15) is 0 Å². The number of methoxy groups -OCH3 is 1. The maximum absolute atomic E-state index is 11.2. The van der Waals surface area contributed by atoms with Gasteiger partial charge in [-0.15, -0.1) is 0 Å². The van der Waals surface area contributed by atoms with E-state index in [1.807, 2.05) is 12.1 Å². The van der Waals surface area contributed by atoms with Crippen LogP contribution in [0.5, 0.6) is 5.75 Å². The van der Waals surface area contributed by atoms with Crippen LogP contribution in [0.15, 0.2) is 18.2 Å². The van der Waals surface area contributed by atoms with Crippen LogP contribution in [0.4, 0.5) is 0 Å². The second-order valence-corrected chi connectivity index (χ2v) is 4.17. The summed E-state index contributed by atoms with van der Waals surface area (Å²) in [6.07, 6.45) is 0.968. The normalized spacial score (nSPS) is 14.9. The van der Waals surface area contributed by atoms with Gasteiger partial charge in [0.1, 0.15) is 11.8 Å². The van der Waals surface area contributed by atoms with Crippen LogP contribution in [-0.4, -0.2) is 25.7 Å². The van der Waals surface area contributed by atoms with E-state index < -0.39 is 0 Å². The quantitative estimate of drug-likeness (QED) is 0.798. The second kappa shape index (κ2) is 5.19. The van der Waals surface area contributed by atoms with E-state index in [0.717, 1.165) is 24.3 Å². The molecule has 4 nitrogen and oxygen atoms in total. The van der Waals surface area contributed by atoms with E-state index >= 15 is 0 Å². The minimum Gasteiger partial charge on any atom is -0.493 e. The first-order chi connectivity index (χ1) is 8.20. The molecule has 0 spiro atoms. The number of nitrogens with one attached hydrogen (secondary N) is 1. The van der Waals surface area contributed by atoms with E-state index in [1.54, 1.807) is 6.92 Å². The molecule has 1 aromatic carbocycles. The molecule has 17 heavy (non-hydrogen) atoms. The molecule has 0 aliphatic carbocycles. The summed E-state index contributed by atoms with van der Waals surface area (Å²) in [6, 6.07) is 5.84. The van der Waals surface area contributed by atoms with Gasteiger partial charge in [-0.3, -0.25) is 4.79 Å². The molecule has 92 valence electrons. The highest BCUT2D eigenvalue weighted by molar-refractivity contribution is 5.75. The highest BCUT2D eigenvalue weighted by atomic mass is 16.5. The number of fused-ring (bicyclic) bond motifs is 1. The Morgan fingerprint density at radius 2 is 2.41 bits per heavy atom. The molecule has 0 fully saturated rings. The van der Waals surface area contributed by atoms with Crippen LogP contribution in [0.1, 0.15) is 18.1 Å². The third-order valence-corrected chi connectivity index (χ3v) is 2.92. The van der Waals surface area contributed by atoms with Crippen LogP contribution in [0.25, 0.3) is 0 Å². The van der Waals surface area contributed by atoms with E-state index in [1.165, 1.54) is 12.7 Å². The van der Waals surface area contributed by atoms with Crippen LogP contribution in [0.2, 0.25) is 0 Å². The van der Waals surface area contributed by atoms with E-state index in [9.17, 15) is 4.79 Å². The summed E-state index contributed by atoms with van der Waals surface area (Å²) in [5, 5.41) is 3.13. The SMILES string of the molecule is COC(=O)C(C)NCc1ccc2c(c1)CCO2. The molecule has 0 saturated carbocycles. The Labute approximate surface area is 101 Å². The number of esters is 1. The Bertz CT molecular complexity index is 417. The lowest BCUT2D eigenvalue weighted by Crippen LogP contribution is -2.34. The van der Waals surface area contributed by atoms with Gasteiger partial charge in [-0.05, 0) is 24.1 Å². The first-order valence-corrected chi connectivity index (χ1v) is 5.76. The Morgan fingerprint density at radius 3 is 3.18 bits per heavy atom. The molecule has 0 aromatic heterocycles. The first-order valence-electron chi connectivity index (χ1n) is 5.76. The minimum absolute atomic E-state index is 0.241. The number of rotatable bonds is 4. The molecule has 0 bridgehead atoms. The van der Waals surface area contributed by atoms with Crippen molar-refractivity contribution in [2.24, 2.45) is 0 Å². The third kappa shape index (κ3) is 2.77. The molecule has 4 heteroatoms.